The molecule has 53 heavy (non-hydrogen) atoms. The molecule has 4 aliphatic carbocycles. The number of hydrogen-bond donors (Lipinski definition) is 0. The number of nitrogens with zero attached hydrogens (tertiary/aromatic N) is 1. The molecule has 0 radical (unpaired) electrons. The summed E-state index contributed by atoms with van der Waals surface area (Å²) in [5.41, 5.74) is 0.0443. The maximum atomic E-state index is 13.2. The van der Waals surface area contributed by atoms with Crippen LogP contribution in [-0.2, 0) is 38.1 Å². The van der Waals surface area contributed by atoms with Crippen LogP contribution in [0.5, 0.6) is 0 Å². The van der Waals surface area contributed by atoms with Crippen molar-refractivity contribution in [2.45, 2.75) is 168 Å². The van der Waals surface area contributed by atoms with Crippen molar-refractivity contribution in [1.82, 2.24) is 4.90 Å². The van der Waals surface area contributed by atoms with Crippen molar-refractivity contribution >= 4 is 24.1 Å². The lowest BCUT2D eigenvalue weighted by molar-refractivity contribution is -0.153. The average Bonchev–Trinajstić information content (AvgIpc) is 3.34. The highest BCUT2D eigenvalue weighted by Crippen LogP contribution is 2.58. The molecule has 306 valence electrons. The third-order valence-corrected chi connectivity index (χ3v) is 11.9. The molecule has 4 fully saturated rings. The predicted molar refractivity (Wildman–Crippen MR) is 206 cm³/mol. The first kappa shape index (κ1) is 45.0. The van der Waals surface area contributed by atoms with Crippen molar-refractivity contribution in [3.05, 3.63) is 0 Å². The van der Waals surface area contributed by atoms with Crippen LogP contribution in [0.25, 0.3) is 0 Å². The van der Waals surface area contributed by atoms with Gasteiger partial charge < -0.3 is 28.6 Å². The van der Waals surface area contributed by atoms with E-state index in [2.05, 4.69) is 25.7 Å². The van der Waals surface area contributed by atoms with Crippen LogP contribution >= 0.6 is 0 Å². The summed E-state index contributed by atoms with van der Waals surface area (Å²) in [7, 11) is 0. The second-order valence-corrected chi connectivity index (χ2v) is 16.6. The fraction of sp³-hybridized carbons (Fsp3) is 0.907. The van der Waals surface area contributed by atoms with Gasteiger partial charge in [-0.25, -0.2) is 4.79 Å². The summed E-state index contributed by atoms with van der Waals surface area (Å²) in [5.74, 6) is 0.940. The molecule has 3 atom stereocenters. The van der Waals surface area contributed by atoms with E-state index in [-0.39, 0.29) is 56.6 Å². The van der Waals surface area contributed by atoms with Crippen LogP contribution in [0.4, 0.5) is 4.79 Å². The topological polar surface area (TPSA) is 118 Å². The molecule has 4 saturated carbocycles. The molecule has 3 unspecified atom stereocenters. The van der Waals surface area contributed by atoms with Gasteiger partial charge in [0.25, 0.3) is 0 Å². The van der Waals surface area contributed by atoms with Crippen LogP contribution in [0.1, 0.15) is 168 Å². The zero-order valence-electron chi connectivity index (χ0n) is 33.9. The Morgan fingerprint density at radius 3 is 1.74 bits per heavy atom. The number of rotatable bonds is 30. The van der Waals surface area contributed by atoms with E-state index in [4.69, 9.17) is 23.7 Å². The molecule has 0 aliphatic heterocycles. The summed E-state index contributed by atoms with van der Waals surface area (Å²) in [6, 6.07) is 0. The maximum Gasteiger partial charge on any atom is 0.508 e. The van der Waals surface area contributed by atoms with E-state index >= 15 is 0 Å². The Morgan fingerprint density at radius 1 is 0.585 bits per heavy atom. The molecule has 4 rings (SSSR count). The quantitative estimate of drug-likeness (QED) is 0.0399. The van der Waals surface area contributed by atoms with Gasteiger partial charge in [-0.2, -0.15) is 0 Å². The van der Waals surface area contributed by atoms with E-state index in [1.807, 2.05) is 0 Å². The van der Waals surface area contributed by atoms with E-state index in [1.54, 1.807) is 0 Å². The van der Waals surface area contributed by atoms with Crippen LogP contribution in [-0.4, -0.2) is 81.6 Å². The first-order chi connectivity index (χ1) is 25.7. The largest absolute Gasteiger partial charge is 0.508 e. The third kappa shape index (κ3) is 19.2. The Kier molecular flexibility index (Phi) is 22.5. The summed E-state index contributed by atoms with van der Waals surface area (Å²) in [5, 5.41) is 0. The van der Waals surface area contributed by atoms with E-state index < -0.39 is 18.0 Å². The standard InChI is InChI=1S/C43H75NO9/c1-4-7-8-9-10-11-12-13-14-17-24-49-39(45)19-15-16-20-40(46)51-32-38(34-53-42(48)50-25-18-23-44(5-2)6-3)33-52-41(47)31-43-22-21-35-26-36(29-43)28-37(27-35)30-43/h35-38H,4-34H2,1-3H3. The Balaban J connectivity index is 1.32. The molecule has 4 bridgehead atoms. The summed E-state index contributed by atoms with van der Waals surface area (Å²) in [6.45, 7) is 9.72. The monoisotopic (exact) mass is 750 g/mol. The molecule has 0 amide bonds. The maximum absolute atomic E-state index is 13.2. The highest BCUT2D eigenvalue weighted by atomic mass is 16.7. The minimum Gasteiger partial charge on any atom is -0.466 e. The summed E-state index contributed by atoms with van der Waals surface area (Å²) in [6.07, 6.45) is 22.7. The predicted octanol–water partition coefficient (Wildman–Crippen LogP) is 9.60. The molecule has 0 heterocycles. The lowest BCUT2D eigenvalue weighted by atomic mass is 9.60. The Bertz CT molecular complexity index is 1030. The van der Waals surface area contributed by atoms with Crippen LogP contribution in [0.15, 0.2) is 0 Å². The number of esters is 3. The van der Waals surface area contributed by atoms with Gasteiger partial charge in [-0.05, 0) is 107 Å². The highest BCUT2D eigenvalue weighted by Gasteiger charge is 2.48. The highest BCUT2D eigenvalue weighted by molar-refractivity contribution is 5.71. The van der Waals surface area contributed by atoms with Crippen LogP contribution in [0, 0.1) is 29.1 Å². The van der Waals surface area contributed by atoms with Crippen molar-refractivity contribution in [2.75, 3.05) is 52.7 Å². The summed E-state index contributed by atoms with van der Waals surface area (Å²) in [4.78, 5) is 52.5. The van der Waals surface area contributed by atoms with E-state index in [0.717, 1.165) is 69.5 Å². The Hall–Kier alpha value is -2.36. The zero-order chi connectivity index (χ0) is 38.2. The Morgan fingerprint density at radius 2 is 1.11 bits per heavy atom. The van der Waals surface area contributed by atoms with Gasteiger partial charge in [-0.1, -0.05) is 78.6 Å². The number of carbonyl (C=O) groups excluding carboxylic acids is 4. The first-order valence-electron chi connectivity index (χ1n) is 21.7. The van der Waals surface area contributed by atoms with Gasteiger partial charge in [0.2, 0.25) is 0 Å². The number of hydrogen-bond acceptors (Lipinski definition) is 10. The fourth-order valence-electron chi connectivity index (χ4n) is 9.12. The molecular weight excluding hydrogens is 674 g/mol. The molecule has 0 N–H and O–H groups in total. The van der Waals surface area contributed by atoms with E-state index in [1.165, 1.54) is 77.0 Å². The molecule has 0 spiro atoms. The molecule has 0 aromatic carbocycles. The lowest BCUT2D eigenvalue weighted by Gasteiger charge is -2.45. The van der Waals surface area contributed by atoms with Gasteiger partial charge in [0.15, 0.2) is 0 Å². The van der Waals surface area contributed by atoms with Gasteiger partial charge in [0.05, 0.1) is 25.6 Å². The molecular formula is C43H75NO9. The van der Waals surface area contributed by atoms with Gasteiger partial charge >= 0.3 is 24.1 Å². The van der Waals surface area contributed by atoms with Crippen LogP contribution in [0.3, 0.4) is 0 Å². The number of ether oxygens (including phenoxy) is 5. The van der Waals surface area contributed by atoms with Crippen LogP contribution in [0.2, 0.25) is 0 Å². The molecule has 4 aliphatic rings. The minimum absolute atomic E-state index is 0.00218. The summed E-state index contributed by atoms with van der Waals surface area (Å²) >= 11 is 0. The molecule has 0 aromatic rings. The second kappa shape index (κ2) is 26.4. The third-order valence-electron chi connectivity index (χ3n) is 11.9. The lowest BCUT2D eigenvalue weighted by Crippen LogP contribution is -2.36. The number of unbranched alkanes of at least 4 members (excludes halogenated alkanes) is 10. The molecule has 0 saturated heterocycles. The van der Waals surface area contributed by atoms with E-state index in [0.29, 0.717) is 32.3 Å². The fourth-order valence-corrected chi connectivity index (χ4v) is 9.12. The average molecular weight is 750 g/mol. The van der Waals surface area contributed by atoms with Crippen molar-refractivity contribution < 1.29 is 42.9 Å². The number of carbonyl (C=O) groups is 4. The van der Waals surface area contributed by atoms with Crippen molar-refractivity contribution in [1.29, 1.82) is 0 Å². The van der Waals surface area contributed by atoms with Gasteiger partial charge in [0.1, 0.15) is 19.8 Å². The van der Waals surface area contributed by atoms with Crippen molar-refractivity contribution in [3.63, 3.8) is 0 Å². The van der Waals surface area contributed by atoms with Gasteiger partial charge in [-0.15, -0.1) is 0 Å². The van der Waals surface area contributed by atoms with Crippen molar-refractivity contribution in [2.24, 2.45) is 29.1 Å². The van der Waals surface area contributed by atoms with Gasteiger partial charge in [0, 0.05) is 19.4 Å². The van der Waals surface area contributed by atoms with E-state index in [9.17, 15) is 19.2 Å². The normalized spacial score (nSPS) is 22.3. The minimum atomic E-state index is -0.781. The van der Waals surface area contributed by atoms with Crippen molar-refractivity contribution in [3.8, 4) is 0 Å². The molecule has 0 aromatic heterocycles. The number of fused-ring (bicyclic) bond motifs is 1. The summed E-state index contributed by atoms with van der Waals surface area (Å²) < 4.78 is 27.3. The zero-order valence-corrected chi connectivity index (χ0v) is 33.9. The SMILES string of the molecule is CCCCCCCCCCCCOC(=O)CCCCC(=O)OCC(COC(=O)CC12CCC3CC(CC(C3)C1)C2)COC(=O)OCCCN(CC)CC. The molecule has 10 nitrogen and oxygen atoms in total. The first-order valence-corrected chi connectivity index (χ1v) is 21.7. The van der Waals surface area contributed by atoms with Crippen LogP contribution < -0.4 is 0 Å². The van der Waals surface area contributed by atoms with Gasteiger partial charge in [-0.3, -0.25) is 14.4 Å². The second-order valence-electron chi connectivity index (χ2n) is 16.6. The molecule has 10 heteroatoms. The smallest absolute Gasteiger partial charge is 0.466 e. The Labute approximate surface area is 321 Å².